The number of methoxy groups -OCH3 is 2. The fourth-order valence-electron chi connectivity index (χ4n) is 4.52. The van der Waals surface area contributed by atoms with Crippen LogP contribution in [-0.4, -0.2) is 37.4 Å². The SMILES string of the molecule is COc1cc2c(cc1OC)C(COc1cc(C)cc(C)c1)N(C(=S)NCc1ccccc1)CC2. The van der Waals surface area contributed by atoms with Gasteiger partial charge in [0.1, 0.15) is 12.4 Å². The number of nitrogens with zero attached hydrogens (tertiary/aromatic N) is 1. The van der Waals surface area contributed by atoms with Gasteiger partial charge in [0.2, 0.25) is 0 Å². The number of thiocarbonyl (C=S) groups is 1. The molecule has 1 atom stereocenters. The van der Waals surface area contributed by atoms with E-state index in [1.54, 1.807) is 14.2 Å². The summed E-state index contributed by atoms with van der Waals surface area (Å²) >= 11 is 5.86. The summed E-state index contributed by atoms with van der Waals surface area (Å²) in [5.74, 6) is 2.32. The van der Waals surface area contributed by atoms with E-state index in [-0.39, 0.29) is 6.04 Å². The molecular weight excluding hydrogens is 444 g/mol. The molecule has 1 heterocycles. The molecule has 178 valence electrons. The van der Waals surface area contributed by atoms with Crippen LogP contribution in [0.25, 0.3) is 0 Å². The molecule has 0 aromatic heterocycles. The van der Waals surface area contributed by atoms with Crippen molar-refractivity contribution in [1.29, 1.82) is 0 Å². The number of rotatable bonds is 7. The van der Waals surface area contributed by atoms with Crippen LogP contribution in [0.4, 0.5) is 0 Å². The van der Waals surface area contributed by atoms with Crippen molar-refractivity contribution in [3.05, 3.63) is 88.5 Å². The summed E-state index contributed by atoms with van der Waals surface area (Å²) in [6, 6.07) is 20.7. The van der Waals surface area contributed by atoms with Gasteiger partial charge in [-0.15, -0.1) is 0 Å². The third-order valence-corrected chi connectivity index (χ3v) is 6.53. The second-order valence-corrected chi connectivity index (χ2v) is 9.03. The van der Waals surface area contributed by atoms with Crippen molar-refractivity contribution in [3.8, 4) is 17.2 Å². The summed E-state index contributed by atoms with van der Waals surface area (Å²) in [7, 11) is 3.33. The number of ether oxygens (including phenoxy) is 3. The van der Waals surface area contributed by atoms with E-state index in [1.807, 2.05) is 18.2 Å². The van der Waals surface area contributed by atoms with Crippen LogP contribution in [0.15, 0.2) is 60.7 Å². The van der Waals surface area contributed by atoms with Gasteiger partial charge < -0.3 is 24.4 Å². The first-order valence-corrected chi connectivity index (χ1v) is 11.9. The Bertz CT molecular complexity index is 1130. The largest absolute Gasteiger partial charge is 0.493 e. The average molecular weight is 477 g/mol. The van der Waals surface area contributed by atoms with Gasteiger partial charge in [0, 0.05) is 13.1 Å². The molecule has 0 aliphatic carbocycles. The van der Waals surface area contributed by atoms with E-state index in [0.717, 1.165) is 35.1 Å². The Kier molecular flexibility index (Phi) is 7.58. The Hall–Kier alpha value is -3.25. The number of hydrogen-bond acceptors (Lipinski definition) is 4. The van der Waals surface area contributed by atoms with E-state index in [2.05, 4.69) is 66.5 Å². The maximum absolute atomic E-state index is 6.34. The molecule has 3 aromatic rings. The van der Waals surface area contributed by atoms with Crippen molar-refractivity contribution in [1.82, 2.24) is 10.2 Å². The van der Waals surface area contributed by atoms with Crippen molar-refractivity contribution < 1.29 is 14.2 Å². The summed E-state index contributed by atoms with van der Waals surface area (Å²) < 4.78 is 17.5. The van der Waals surface area contributed by atoms with Crippen LogP contribution in [0.3, 0.4) is 0 Å². The minimum atomic E-state index is -0.0554. The predicted octanol–water partition coefficient (Wildman–Crippen LogP) is 5.37. The van der Waals surface area contributed by atoms with Gasteiger partial charge in [-0.3, -0.25) is 0 Å². The third-order valence-electron chi connectivity index (χ3n) is 6.15. The highest BCUT2D eigenvalue weighted by molar-refractivity contribution is 7.80. The number of benzene rings is 3. The molecule has 1 N–H and O–H groups in total. The third kappa shape index (κ3) is 5.45. The van der Waals surface area contributed by atoms with E-state index in [0.29, 0.717) is 18.9 Å². The van der Waals surface area contributed by atoms with Crippen LogP contribution < -0.4 is 19.5 Å². The molecule has 0 amide bonds. The van der Waals surface area contributed by atoms with Crippen LogP contribution in [0.2, 0.25) is 0 Å². The Morgan fingerprint density at radius 2 is 1.65 bits per heavy atom. The van der Waals surface area contributed by atoms with Crippen molar-refractivity contribution in [2.45, 2.75) is 32.9 Å². The predicted molar refractivity (Wildman–Crippen MR) is 140 cm³/mol. The maximum Gasteiger partial charge on any atom is 0.169 e. The van der Waals surface area contributed by atoms with Crippen LogP contribution in [-0.2, 0) is 13.0 Å². The fourth-order valence-corrected chi connectivity index (χ4v) is 4.81. The minimum Gasteiger partial charge on any atom is -0.493 e. The van der Waals surface area contributed by atoms with Gasteiger partial charge in [0.05, 0.1) is 20.3 Å². The quantitative estimate of drug-likeness (QED) is 0.462. The molecule has 1 unspecified atom stereocenters. The smallest absolute Gasteiger partial charge is 0.169 e. The molecule has 0 bridgehead atoms. The van der Waals surface area contributed by atoms with Gasteiger partial charge in [-0.05, 0) is 84.6 Å². The highest BCUT2D eigenvalue weighted by atomic mass is 32.1. The highest BCUT2D eigenvalue weighted by Crippen LogP contribution is 2.38. The number of fused-ring (bicyclic) bond motifs is 1. The molecule has 6 heteroatoms. The van der Waals surface area contributed by atoms with E-state index < -0.39 is 0 Å². The average Bonchev–Trinajstić information content (AvgIpc) is 2.84. The monoisotopic (exact) mass is 476 g/mol. The van der Waals surface area contributed by atoms with E-state index in [9.17, 15) is 0 Å². The molecule has 34 heavy (non-hydrogen) atoms. The molecule has 4 rings (SSSR count). The van der Waals surface area contributed by atoms with Crippen LogP contribution in [0, 0.1) is 13.8 Å². The minimum absolute atomic E-state index is 0.0554. The Labute approximate surface area is 207 Å². The first-order chi connectivity index (χ1) is 16.5. The van der Waals surface area contributed by atoms with Gasteiger partial charge in [0.15, 0.2) is 16.6 Å². The van der Waals surface area contributed by atoms with Crippen molar-refractivity contribution >= 4 is 17.3 Å². The van der Waals surface area contributed by atoms with E-state index in [4.69, 9.17) is 26.4 Å². The summed E-state index contributed by atoms with van der Waals surface area (Å²) in [6.45, 7) is 6.12. The number of hydrogen-bond donors (Lipinski definition) is 1. The molecule has 5 nitrogen and oxygen atoms in total. The molecule has 1 aliphatic heterocycles. The Balaban J connectivity index is 1.61. The molecule has 0 spiro atoms. The molecular formula is C28H32N2O3S. The topological polar surface area (TPSA) is 43.0 Å². The lowest BCUT2D eigenvalue weighted by molar-refractivity contribution is 0.187. The van der Waals surface area contributed by atoms with E-state index in [1.165, 1.54) is 22.3 Å². The highest BCUT2D eigenvalue weighted by Gasteiger charge is 2.31. The van der Waals surface area contributed by atoms with Crippen LogP contribution in [0.1, 0.15) is 33.9 Å². The van der Waals surface area contributed by atoms with Gasteiger partial charge in [-0.2, -0.15) is 0 Å². The molecule has 3 aromatic carbocycles. The summed E-state index contributed by atoms with van der Waals surface area (Å²) in [5.41, 5.74) is 5.94. The fraction of sp³-hybridized carbons (Fsp3) is 0.321. The summed E-state index contributed by atoms with van der Waals surface area (Å²) in [4.78, 5) is 2.23. The van der Waals surface area contributed by atoms with Crippen LogP contribution >= 0.6 is 12.2 Å². The lowest BCUT2D eigenvalue weighted by Gasteiger charge is -2.39. The second kappa shape index (κ2) is 10.8. The first-order valence-electron chi connectivity index (χ1n) is 11.5. The lowest BCUT2D eigenvalue weighted by Crippen LogP contribution is -2.47. The Morgan fingerprint density at radius 3 is 2.32 bits per heavy atom. The second-order valence-electron chi connectivity index (χ2n) is 8.64. The van der Waals surface area contributed by atoms with E-state index >= 15 is 0 Å². The zero-order chi connectivity index (χ0) is 24.1. The van der Waals surface area contributed by atoms with Crippen molar-refractivity contribution in [3.63, 3.8) is 0 Å². The van der Waals surface area contributed by atoms with Crippen molar-refractivity contribution in [2.75, 3.05) is 27.4 Å². The standard InChI is InChI=1S/C28H32N2O3S/c1-19-12-20(2)14-23(13-19)33-18-25-24-16-27(32-4)26(31-3)15-22(24)10-11-30(25)28(34)29-17-21-8-6-5-7-9-21/h5-9,12-16,25H,10-11,17-18H2,1-4H3,(H,29,34). The van der Waals surface area contributed by atoms with Crippen LogP contribution in [0.5, 0.6) is 17.2 Å². The normalized spacial score (nSPS) is 14.8. The summed E-state index contributed by atoms with van der Waals surface area (Å²) in [5, 5.41) is 4.16. The lowest BCUT2D eigenvalue weighted by atomic mass is 9.92. The summed E-state index contributed by atoms with van der Waals surface area (Å²) in [6.07, 6.45) is 0.864. The zero-order valence-corrected chi connectivity index (χ0v) is 21.1. The van der Waals surface area contributed by atoms with Crippen molar-refractivity contribution in [2.24, 2.45) is 0 Å². The number of nitrogens with one attached hydrogen (secondary N) is 1. The molecule has 0 saturated carbocycles. The zero-order valence-electron chi connectivity index (χ0n) is 20.3. The van der Waals surface area contributed by atoms with Gasteiger partial charge in [-0.1, -0.05) is 36.4 Å². The molecule has 1 aliphatic rings. The Morgan fingerprint density at radius 1 is 0.971 bits per heavy atom. The van der Waals surface area contributed by atoms with Gasteiger partial charge in [-0.25, -0.2) is 0 Å². The molecule has 0 radical (unpaired) electrons. The number of aryl methyl sites for hydroxylation is 2. The van der Waals surface area contributed by atoms with Gasteiger partial charge >= 0.3 is 0 Å². The maximum atomic E-state index is 6.34. The first kappa shape index (κ1) is 23.9. The molecule has 0 saturated heterocycles. The molecule has 0 fully saturated rings. The van der Waals surface area contributed by atoms with Gasteiger partial charge in [0.25, 0.3) is 0 Å².